The van der Waals surface area contributed by atoms with Crippen LogP contribution in [0.1, 0.15) is 18.1 Å². The zero-order chi connectivity index (χ0) is 20.7. The number of aromatic nitrogens is 2. The highest BCUT2D eigenvalue weighted by molar-refractivity contribution is 8.26. The molecule has 2 aromatic rings. The van der Waals surface area contributed by atoms with Gasteiger partial charge in [0.05, 0.1) is 10.5 Å². The van der Waals surface area contributed by atoms with E-state index >= 15 is 0 Å². The van der Waals surface area contributed by atoms with E-state index < -0.39 is 0 Å². The van der Waals surface area contributed by atoms with Gasteiger partial charge in [-0.3, -0.25) is 18.9 Å². The van der Waals surface area contributed by atoms with Crippen molar-refractivity contribution in [3.8, 4) is 0 Å². The summed E-state index contributed by atoms with van der Waals surface area (Å²) in [5.41, 5.74) is 1.84. The second-order valence-electron chi connectivity index (χ2n) is 7.20. The van der Waals surface area contributed by atoms with Crippen molar-refractivity contribution in [2.45, 2.75) is 13.8 Å². The van der Waals surface area contributed by atoms with E-state index in [0.717, 1.165) is 38.3 Å². The van der Waals surface area contributed by atoms with Crippen molar-refractivity contribution >= 4 is 51.7 Å². The van der Waals surface area contributed by atoms with Crippen LogP contribution in [0.25, 0.3) is 11.7 Å². The van der Waals surface area contributed by atoms with E-state index in [-0.39, 0.29) is 11.5 Å². The number of thioether (sulfide) groups is 1. The van der Waals surface area contributed by atoms with E-state index in [4.69, 9.17) is 17.2 Å². The average Bonchev–Trinajstić information content (AvgIpc) is 2.97. The number of hydrogen-bond donors (Lipinski definition) is 0. The topological polar surface area (TPSA) is 61.2 Å². The first kappa shape index (κ1) is 20.1. The fourth-order valence-corrected chi connectivity index (χ4v) is 4.78. The number of hydrogen-bond acceptors (Lipinski definition) is 7. The van der Waals surface area contributed by atoms with Crippen LogP contribution >= 0.6 is 24.0 Å². The minimum atomic E-state index is -0.185. The Bertz CT molecular complexity index is 1090. The van der Waals surface area contributed by atoms with Gasteiger partial charge in [0.15, 0.2) is 0 Å². The third kappa shape index (κ3) is 3.58. The lowest BCUT2D eigenvalue weighted by atomic mass is 10.2. The molecule has 9 heteroatoms. The summed E-state index contributed by atoms with van der Waals surface area (Å²) in [6.07, 6.45) is 3.38. The van der Waals surface area contributed by atoms with E-state index in [0.29, 0.717) is 26.3 Å². The molecule has 0 aliphatic carbocycles. The molecule has 0 atom stereocenters. The molecule has 152 valence electrons. The molecule has 2 aromatic heterocycles. The SMILES string of the molecule is CCN1CCN(c2nc3c(C)cccn3c(=O)c2/C=C2/SC(=S)N(C)C2=O)CC1. The lowest BCUT2D eigenvalue weighted by Crippen LogP contribution is -2.47. The second-order valence-corrected chi connectivity index (χ2v) is 8.88. The summed E-state index contributed by atoms with van der Waals surface area (Å²) < 4.78 is 2.05. The van der Waals surface area contributed by atoms with Gasteiger partial charge in [-0.2, -0.15) is 0 Å². The maximum absolute atomic E-state index is 13.4. The number of rotatable bonds is 3. The van der Waals surface area contributed by atoms with E-state index in [1.807, 2.05) is 19.1 Å². The Hall–Kier alpha value is -2.23. The van der Waals surface area contributed by atoms with E-state index in [9.17, 15) is 9.59 Å². The van der Waals surface area contributed by atoms with Gasteiger partial charge in [0, 0.05) is 39.4 Å². The first-order valence-electron chi connectivity index (χ1n) is 9.61. The molecule has 7 nitrogen and oxygen atoms in total. The molecule has 0 bridgehead atoms. The van der Waals surface area contributed by atoms with Crippen molar-refractivity contribution in [3.63, 3.8) is 0 Å². The Morgan fingerprint density at radius 3 is 2.59 bits per heavy atom. The molecular formula is C20H23N5O2S2. The molecule has 2 aliphatic heterocycles. The fraction of sp³-hybridized carbons (Fsp3) is 0.400. The maximum atomic E-state index is 13.4. The standard InChI is InChI=1S/C20H23N5O2S2/c1-4-23-8-10-24(11-9-23)17-14(12-15-19(27)22(3)20(28)29-15)18(26)25-7-5-6-13(2)16(25)21-17/h5-7,12H,4,8-11H2,1-3H3/b15-12+. The molecule has 0 spiro atoms. The van der Waals surface area contributed by atoms with Crippen molar-refractivity contribution in [1.29, 1.82) is 0 Å². The van der Waals surface area contributed by atoms with Crippen LogP contribution in [-0.2, 0) is 4.79 Å². The van der Waals surface area contributed by atoms with Gasteiger partial charge in [0.25, 0.3) is 11.5 Å². The Kier molecular flexibility index (Phi) is 5.46. The van der Waals surface area contributed by atoms with Gasteiger partial charge in [-0.25, -0.2) is 4.98 Å². The van der Waals surface area contributed by atoms with Crippen LogP contribution in [0.3, 0.4) is 0 Å². The van der Waals surface area contributed by atoms with Crippen molar-refractivity contribution in [2.75, 3.05) is 44.7 Å². The van der Waals surface area contributed by atoms with Crippen molar-refractivity contribution in [2.24, 2.45) is 0 Å². The van der Waals surface area contributed by atoms with Gasteiger partial charge >= 0.3 is 0 Å². The molecule has 4 heterocycles. The predicted octanol–water partition coefficient (Wildman–Crippen LogP) is 1.98. The van der Waals surface area contributed by atoms with Crippen LogP contribution in [-0.4, -0.2) is 69.2 Å². The largest absolute Gasteiger partial charge is 0.353 e. The second kappa shape index (κ2) is 7.89. The van der Waals surface area contributed by atoms with Crippen molar-refractivity contribution in [3.05, 3.63) is 44.7 Å². The highest BCUT2D eigenvalue weighted by Crippen LogP contribution is 2.32. The van der Waals surface area contributed by atoms with E-state index in [2.05, 4.69) is 16.7 Å². The number of pyridine rings is 1. The lowest BCUT2D eigenvalue weighted by molar-refractivity contribution is -0.121. The number of carbonyl (C=O) groups is 1. The van der Waals surface area contributed by atoms with Crippen LogP contribution in [0.4, 0.5) is 5.82 Å². The highest BCUT2D eigenvalue weighted by atomic mass is 32.2. The number of thiocarbonyl (C=S) groups is 1. The highest BCUT2D eigenvalue weighted by Gasteiger charge is 2.30. The average molecular weight is 430 g/mol. The molecule has 0 N–H and O–H groups in total. The molecule has 2 fully saturated rings. The van der Waals surface area contributed by atoms with Crippen LogP contribution in [0.2, 0.25) is 0 Å². The first-order valence-corrected chi connectivity index (χ1v) is 10.8. The van der Waals surface area contributed by atoms with Crippen molar-refractivity contribution < 1.29 is 4.79 Å². The molecule has 4 rings (SSSR count). The number of likely N-dealkylation sites (N-methyl/N-ethyl adjacent to an activating group) is 2. The minimum Gasteiger partial charge on any atom is -0.353 e. The third-order valence-corrected chi connectivity index (χ3v) is 6.93. The Labute approximate surface area is 179 Å². The monoisotopic (exact) mass is 429 g/mol. The molecular weight excluding hydrogens is 406 g/mol. The van der Waals surface area contributed by atoms with Gasteiger partial charge in [-0.1, -0.05) is 37.0 Å². The third-order valence-electron chi connectivity index (χ3n) is 5.45. The van der Waals surface area contributed by atoms with Gasteiger partial charge in [-0.05, 0) is 31.2 Å². The lowest BCUT2D eigenvalue weighted by Gasteiger charge is -2.35. The molecule has 0 radical (unpaired) electrons. The molecule has 0 unspecified atom stereocenters. The van der Waals surface area contributed by atoms with Gasteiger partial charge < -0.3 is 9.80 Å². The summed E-state index contributed by atoms with van der Waals surface area (Å²) in [6, 6.07) is 3.78. The quantitative estimate of drug-likeness (QED) is 0.546. The molecule has 0 saturated carbocycles. The smallest absolute Gasteiger partial charge is 0.267 e. The number of anilines is 1. The minimum absolute atomic E-state index is 0.173. The summed E-state index contributed by atoms with van der Waals surface area (Å²) in [4.78, 5) is 37.2. The molecule has 2 aliphatic rings. The fourth-order valence-electron chi connectivity index (χ4n) is 3.62. The van der Waals surface area contributed by atoms with E-state index in [1.165, 1.54) is 16.7 Å². The Morgan fingerprint density at radius 2 is 1.97 bits per heavy atom. The zero-order valence-corrected chi connectivity index (χ0v) is 18.3. The van der Waals surface area contributed by atoms with Crippen LogP contribution in [0.15, 0.2) is 28.0 Å². The number of aryl methyl sites for hydroxylation is 1. The number of fused-ring (bicyclic) bond motifs is 1. The Morgan fingerprint density at radius 1 is 1.24 bits per heavy atom. The summed E-state index contributed by atoms with van der Waals surface area (Å²) in [7, 11) is 1.65. The van der Waals surface area contributed by atoms with Crippen LogP contribution in [0.5, 0.6) is 0 Å². The van der Waals surface area contributed by atoms with Crippen LogP contribution in [0, 0.1) is 6.92 Å². The summed E-state index contributed by atoms with van der Waals surface area (Å²) in [5.74, 6) is 0.455. The number of carbonyl (C=O) groups excluding carboxylic acids is 1. The normalized spacial score (nSPS) is 19.8. The first-order chi connectivity index (χ1) is 13.9. The molecule has 0 aromatic carbocycles. The van der Waals surface area contributed by atoms with Gasteiger partial charge in [-0.15, -0.1) is 0 Å². The van der Waals surface area contributed by atoms with Crippen LogP contribution < -0.4 is 10.5 Å². The zero-order valence-electron chi connectivity index (χ0n) is 16.7. The molecule has 29 heavy (non-hydrogen) atoms. The number of amides is 1. The summed E-state index contributed by atoms with van der Waals surface area (Å²) >= 11 is 6.46. The molecule has 2 saturated heterocycles. The van der Waals surface area contributed by atoms with Gasteiger partial charge in [0.2, 0.25) is 0 Å². The Balaban J connectivity index is 1.88. The van der Waals surface area contributed by atoms with E-state index in [1.54, 1.807) is 23.7 Å². The number of piperazine rings is 1. The summed E-state index contributed by atoms with van der Waals surface area (Å²) in [5, 5.41) is 0. The van der Waals surface area contributed by atoms with Gasteiger partial charge in [0.1, 0.15) is 15.8 Å². The van der Waals surface area contributed by atoms with Crippen molar-refractivity contribution in [1.82, 2.24) is 19.2 Å². The summed E-state index contributed by atoms with van der Waals surface area (Å²) in [6.45, 7) is 8.52. The maximum Gasteiger partial charge on any atom is 0.267 e. The molecule has 1 amide bonds. The number of nitrogens with zero attached hydrogens (tertiary/aromatic N) is 5. The predicted molar refractivity (Wildman–Crippen MR) is 121 cm³/mol.